The largest absolute Gasteiger partial charge is 0.320 e. The molecule has 0 aliphatic rings. The van der Waals surface area contributed by atoms with Gasteiger partial charge in [-0.15, -0.1) is 0 Å². The zero-order valence-corrected chi connectivity index (χ0v) is 10.9. The van der Waals surface area contributed by atoms with E-state index in [1.165, 1.54) is 21.6 Å². The van der Waals surface area contributed by atoms with Gasteiger partial charge < -0.3 is 4.90 Å². The summed E-state index contributed by atoms with van der Waals surface area (Å²) in [5, 5.41) is 0.958. The number of hydrogen-bond donors (Lipinski definition) is 0. The Bertz CT molecular complexity index is 515. The quantitative estimate of drug-likeness (QED) is 0.595. The van der Waals surface area contributed by atoms with E-state index in [0.717, 1.165) is 5.13 Å². The van der Waals surface area contributed by atoms with E-state index < -0.39 is 0 Å². The maximum atomic E-state index is 5.03. The molecule has 0 bridgehead atoms. The number of aromatic nitrogens is 1. The Balaban J connectivity index is 2.40. The normalized spacial score (nSPS) is 10.3. The maximum Gasteiger partial charge on any atom is 0.201 e. The highest BCUT2D eigenvalue weighted by atomic mass is 32.9. The highest BCUT2D eigenvalue weighted by Gasteiger charge is 2.09. The molecule has 0 saturated carbocycles. The van der Waals surface area contributed by atoms with Crippen LogP contribution in [0.2, 0.25) is 0 Å². The van der Waals surface area contributed by atoms with Gasteiger partial charge in [-0.1, -0.05) is 18.2 Å². The van der Waals surface area contributed by atoms with Gasteiger partial charge >= 0.3 is 0 Å². The van der Waals surface area contributed by atoms with Crippen molar-refractivity contribution in [3.63, 3.8) is 0 Å². The molecule has 0 unspecified atom stereocenters. The minimum Gasteiger partial charge on any atom is -0.320 e. The third-order valence-electron chi connectivity index (χ3n) is 2.14. The molecule has 5 heteroatoms. The number of benzene rings is 1. The summed E-state index contributed by atoms with van der Waals surface area (Å²) in [4.78, 5) is 6.38. The number of anilines is 2. The molecule has 78 valence electrons. The van der Waals surface area contributed by atoms with E-state index >= 15 is 0 Å². The number of nitrogens with zero attached hydrogens (tertiary/aromatic N) is 2. The van der Waals surface area contributed by atoms with Crippen LogP contribution in [0.15, 0.2) is 24.3 Å². The molecule has 2 aromatic rings. The lowest BCUT2D eigenvalue weighted by Crippen LogP contribution is -2.10. The van der Waals surface area contributed by atoms with Gasteiger partial charge in [0.25, 0.3) is 0 Å². The topological polar surface area (TPSA) is 16.1 Å². The SMILES string of the molecule is Cc1ccccc1N(C)c1nc(=S)ss1. The minimum atomic E-state index is 0.704. The summed E-state index contributed by atoms with van der Waals surface area (Å²) in [6.45, 7) is 2.09. The fraction of sp³-hybridized carbons (Fsp3) is 0.200. The first-order valence-electron chi connectivity index (χ1n) is 4.45. The van der Waals surface area contributed by atoms with Crippen LogP contribution in [0.4, 0.5) is 10.8 Å². The Labute approximate surface area is 101 Å². The second-order valence-corrected chi connectivity index (χ2v) is 5.90. The molecule has 2 rings (SSSR count). The minimum absolute atomic E-state index is 0.704. The molecule has 1 aromatic heterocycles. The van der Waals surface area contributed by atoms with Crippen LogP contribution in [0.5, 0.6) is 0 Å². The zero-order valence-electron chi connectivity index (χ0n) is 8.43. The summed E-state index contributed by atoms with van der Waals surface area (Å²) >= 11 is 5.03. The molecular weight excluding hydrogens is 244 g/mol. The van der Waals surface area contributed by atoms with Crippen LogP contribution < -0.4 is 4.90 Å². The van der Waals surface area contributed by atoms with E-state index in [1.807, 2.05) is 19.2 Å². The molecule has 0 N–H and O–H groups in total. The average Bonchev–Trinajstić information content (AvgIpc) is 2.65. The van der Waals surface area contributed by atoms with E-state index in [9.17, 15) is 0 Å². The molecule has 2 nitrogen and oxygen atoms in total. The molecular formula is C10H10N2S3. The molecule has 1 heterocycles. The fourth-order valence-electron chi connectivity index (χ4n) is 1.36. The Morgan fingerprint density at radius 2 is 2.00 bits per heavy atom. The van der Waals surface area contributed by atoms with Gasteiger partial charge in [0.2, 0.25) is 5.13 Å². The molecule has 0 aliphatic heterocycles. The second kappa shape index (κ2) is 4.38. The number of para-hydroxylation sites is 1. The smallest absolute Gasteiger partial charge is 0.201 e. The number of hydrogen-bond acceptors (Lipinski definition) is 5. The fourth-order valence-corrected chi connectivity index (χ4v) is 3.47. The second-order valence-electron chi connectivity index (χ2n) is 3.17. The van der Waals surface area contributed by atoms with Crippen molar-refractivity contribution in [2.45, 2.75) is 6.92 Å². The molecule has 15 heavy (non-hydrogen) atoms. The van der Waals surface area contributed by atoms with Crippen LogP contribution in [-0.2, 0) is 0 Å². The van der Waals surface area contributed by atoms with Gasteiger partial charge in [0.15, 0.2) is 3.95 Å². The van der Waals surface area contributed by atoms with Crippen molar-refractivity contribution < 1.29 is 0 Å². The lowest BCUT2D eigenvalue weighted by Gasteiger charge is -2.17. The van der Waals surface area contributed by atoms with E-state index in [0.29, 0.717) is 3.95 Å². The molecule has 0 aliphatic carbocycles. The molecule has 0 fully saturated rings. The van der Waals surface area contributed by atoms with Gasteiger partial charge in [0.1, 0.15) is 0 Å². The molecule has 0 atom stereocenters. The Morgan fingerprint density at radius 1 is 1.27 bits per heavy atom. The number of rotatable bonds is 2. The molecule has 0 saturated heterocycles. The first-order chi connectivity index (χ1) is 7.18. The van der Waals surface area contributed by atoms with Crippen LogP contribution in [0.25, 0.3) is 0 Å². The highest BCUT2D eigenvalue weighted by Crippen LogP contribution is 2.30. The Hall–Kier alpha value is -0.780. The lowest BCUT2D eigenvalue weighted by atomic mass is 10.2. The van der Waals surface area contributed by atoms with Crippen molar-refractivity contribution in [3.8, 4) is 0 Å². The third-order valence-corrected chi connectivity index (χ3v) is 4.80. The maximum absolute atomic E-state index is 5.03. The van der Waals surface area contributed by atoms with Gasteiger partial charge in [-0.05, 0) is 51.5 Å². The van der Waals surface area contributed by atoms with Crippen molar-refractivity contribution in [2.75, 3.05) is 11.9 Å². The van der Waals surface area contributed by atoms with Gasteiger partial charge in [0.05, 0.1) is 0 Å². The summed E-state index contributed by atoms with van der Waals surface area (Å²) in [6.07, 6.45) is 0. The lowest BCUT2D eigenvalue weighted by molar-refractivity contribution is 1.15. The van der Waals surface area contributed by atoms with Crippen molar-refractivity contribution in [1.29, 1.82) is 0 Å². The molecule has 0 radical (unpaired) electrons. The van der Waals surface area contributed by atoms with Gasteiger partial charge in [0, 0.05) is 12.7 Å². The average molecular weight is 254 g/mol. The number of aryl methyl sites for hydroxylation is 1. The zero-order chi connectivity index (χ0) is 10.8. The third kappa shape index (κ3) is 2.25. The van der Waals surface area contributed by atoms with E-state index in [1.54, 1.807) is 10.3 Å². The predicted octanol–water partition coefficient (Wildman–Crippen LogP) is 4.01. The first-order valence-corrected chi connectivity index (χ1v) is 7.01. The molecule has 0 spiro atoms. The molecule has 0 amide bonds. The summed E-state index contributed by atoms with van der Waals surface area (Å²) in [7, 11) is 5.17. The van der Waals surface area contributed by atoms with E-state index in [4.69, 9.17) is 12.2 Å². The van der Waals surface area contributed by atoms with Crippen LogP contribution in [-0.4, -0.2) is 12.0 Å². The van der Waals surface area contributed by atoms with Crippen molar-refractivity contribution in [3.05, 3.63) is 33.8 Å². The van der Waals surface area contributed by atoms with E-state index in [-0.39, 0.29) is 0 Å². The molecule has 1 aromatic carbocycles. The van der Waals surface area contributed by atoms with Crippen molar-refractivity contribution in [2.24, 2.45) is 0 Å². The van der Waals surface area contributed by atoms with Crippen LogP contribution in [0.1, 0.15) is 5.56 Å². The Morgan fingerprint density at radius 3 is 2.60 bits per heavy atom. The summed E-state index contributed by atoms with van der Waals surface area (Å²) < 4.78 is 0.704. The predicted molar refractivity (Wildman–Crippen MR) is 70.1 cm³/mol. The van der Waals surface area contributed by atoms with Crippen LogP contribution in [0, 0.1) is 10.9 Å². The van der Waals surface area contributed by atoms with Crippen molar-refractivity contribution in [1.82, 2.24) is 4.98 Å². The summed E-state index contributed by atoms with van der Waals surface area (Å²) in [6, 6.07) is 8.25. The standard InChI is InChI=1S/C10H10N2S3/c1-7-5-3-4-6-8(7)12(2)9-11-10(13)15-14-9/h3-6H,1-2H3. The van der Waals surface area contributed by atoms with Crippen LogP contribution >= 0.6 is 32.9 Å². The first kappa shape index (κ1) is 10.7. The van der Waals surface area contributed by atoms with Crippen molar-refractivity contribution >= 4 is 43.7 Å². The summed E-state index contributed by atoms with van der Waals surface area (Å²) in [5.41, 5.74) is 2.42. The highest BCUT2D eigenvalue weighted by molar-refractivity contribution is 7.79. The van der Waals surface area contributed by atoms with Gasteiger partial charge in [-0.3, -0.25) is 0 Å². The van der Waals surface area contributed by atoms with Crippen LogP contribution in [0.3, 0.4) is 0 Å². The van der Waals surface area contributed by atoms with Gasteiger partial charge in [-0.25, -0.2) is 0 Å². The Kier molecular flexibility index (Phi) is 3.14. The summed E-state index contributed by atoms with van der Waals surface area (Å²) in [5.74, 6) is 0. The van der Waals surface area contributed by atoms with Gasteiger partial charge in [-0.2, -0.15) is 4.98 Å². The monoisotopic (exact) mass is 254 g/mol. The van der Waals surface area contributed by atoms with E-state index in [2.05, 4.69) is 28.9 Å².